The zero-order valence-corrected chi connectivity index (χ0v) is 17.9. The first-order chi connectivity index (χ1) is 15.8. The Balaban J connectivity index is 1.51. The molecule has 2 heterocycles. The lowest BCUT2D eigenvalue weighted by Gasteiger charge is -2.15. The quantitative estimate of drug-likeness (QED) is 0.340. The van der Waals surface area contributed by atoms with E-state index < -0.39 is 11.7 Å². The molecule has 6 heteroatoms. The normalized spacial score (nSPS) is 11.4. The Morgan fingerprint density at radius 1 is 0.818 bits per heavy atom. The maximum atomic E-state index is 13.8. The van der Waals surface area contributed by atoms with Gasteiger partial charge in [0.25, 0.3) is 0 Å². The number of halogens is 3. The third-order valence-corrected chi connectivity index (χ3v) is 5.31. The van der Waals surface area contributed by atoms with Gasteiger partial charge in [-0.05, 0) is 53.4 Å². The fourth-order valence-electron chi connectivity index (χ4n) is 3.72. The van der Waals surface area contributed by atoms with Crippen molar-refractivity contribution in [2.75, 3.05) is 0 Å². The standard InChI is InChI=1S/C27H21F3N2O/c1-18-13-21(11-12-31-18)25-10-7-19(15-26(25)27(28,29)30)14-24(33)16-23-9-8-22(17-32-23)20-5-3-2-4-6-20/h2-13,15,17H,14,16H2,1H3. The molecule has 0 saturated heterocycles. The van der Waals surface area contributed by atoms with E-state index in [0.29, 0.717) is 22.5 Å². The number of benzene rings is 2. The Labute approximate surface area is 190 Å². The highest BCUT2D eigenvalue weighted by atomic mass is 19.4. The highest BCUT2D eigenvalue weighted by Gasteiger charge is 2.34. The number of Topliss-reactive ketones (excluding diaryl/α,β-unsaturated/α-hetero) is 1. The van der Waals surface area contributed by atoms with Crippen LogP contribution in [0.1, 0.15) is 22.5 Å². The van der Waals surface area contributed by atoms with Gasteiger partial charge in [-0.3, -0.25) is 14.8 Å². The average molecular weight is 446 g/mol. The molecule has 0 amide bonds. The summed E-state index contributed by atoms with van der Waals surface area (Å²) in [6.07, 6.45) is -1.40. The van der Waals surface area contributed by atoms with E-state index in [2.05, 4.69) is 9.97 Å². The number of nitrogens with zero attached hydrogens (tertiary/aromatic N) is 2. The highest BCUT2D eigenvalue weighted by Crippen LogP contribution is 2.38. The maximum absolute atomic E-state index is 13.8. The molecule has 0 fully saturated rings. The Kier molecular flexibility index (Phi) is 6.36. The number of hydrogen-bond acceptors (Lipinski definition) is 3. The minimum Gasteiger partial charge on any atom is -0.299 e. The molecule has 33 heavy (non-hydrogen) atoms. The predicted octanol–water partition coefficient (Wildman–Crippen LogP) is 6.49. The van der Waals surface area contributed by atoms with Crippen LogP contribution in [-0.2, 0) is 23.8 Å². The van der Waals surface area contributed by atoms with E-state index in [1.165, 1.54) is 12.3 Å². The van der Waals surface area contributed by atoms with Gasteiger partial charge < -0.3 is 0 Å². The van der Waals surface area contributed by atoms with Crippen molar-refractivity contribution in [1.82, 2.24) is 9.97 Å². The van der Waals surface area contributed by atoms with Crippen LogP contribution in [0.5, 0.6) is 0 Å². The first-order valence-corrected chi connectivity index (χ1v) is 10.4. The molecule has 0 spiro atoms. The van der Waals surface area contributed by atoms with Crippen LogP contribution in [-0.4, -0.2) is 15.8 Å². The molecule has 0 saturated carbocycles. The SMILES string of the molecule is Cc1cc(-c2ccc(CC(=O)Cc3ccc(-c4ccccc4)cn3)cc2C(F)(F)F)ccn1. The number of rotatable bonds is 6. The van der Waals surface area contributed by atoms with E-state index in [1.54, 1.807) is 37.4 Å². The van der Waals surface area contributed by atoms with Gasteiger partial charge in [-0.2, -0.15) is 13.2 Å². The minimum absolute atomic E-state index is 0.0573. The molecular weight excluding hydrogens is 425 g/mol. The molecule has 0 aliphatic rings. The Morgan fingerprint density at radius 2 is 1.61 bits per heavy atom. The van der Waals surface area contributed by atoms with E-state index in [1.807, 2.05) is 36.4 Å². The van der Waals surface area contributed by atoms with Crippen molar-refractivity contribution in [2.24, 2.45) is 0 Å². The van der Waals surface area contributed by atoms with Crippen LogP contribution in [0, 0.1) is 6.92 Å². The lowest BCUT2D eigenvalue weighted by atomic mass is 9.95. The first kappa shape index (κ1) is 22.4. The van der Waals surface area contributed by atoms with Crippen molar-refractivity contribution < 1.29 is 18.0 Å². The van der Waals surface area contributed by atoms with Crippen molar-refractivity contribution in [3.05, 3.63) is 108 Å². The number of alkyl halides is 3. The number of hydrogen-bond donors (Lipinski definition) is 0. The Morgan fingerprint density at radius 3 is 2.27 bits per heavy atom. The third-order valence-electron chi connectivity index (χ3n) is 5.31. The fourth-order valence-corrected chi connectivity index (χ4v) is 3.72. The number of carbonyl (C=O) groups is 1. The molecule has 4 aromatic rings. The lowest BCUT2D eigenvalue weighted by Crippen LogP contribution is -2.11. The summed E-state index contributed by atoms with van der Waals surface area (Å²) in [6.45, 7) is 1.73. The second-order valence-corrected chi connectivity index (χ2v) is 7.86. The van der Waals surface area contributed by atoms with Gasteiger partial charge in [0.15, 0.2) is 0 Å². The van der Waals surface area contributed by atoms with Crippen molar-refractivity contribution in [2.45, 2.75) is 25.9 Å². The van der Waals surface area contributed by atoms with Crippen LogP contribution in [0.2, 0.25) is 0 Å². The van der Waals surface area contributed by atoms with E-state index in [-0.39, 0.29) is 24.2 Å². The molecular formula is C27H21F3N2O. The third kappa shape index (κ3) is 5.52. The maximum Gasteiger partial charge on any atom is 0.417 e. The molecule has 3 nitrogen and oxygen atoms in total. The van der Waals surface area contributed by atoms with Gasteiger partial charge in [0.05, 0.1) is 5.56 Å². The summed E-state index contributed by atoms with van der Waals surface area (Å²) in [5.41, 5.74) is 3.24. The van der Waals surface area contributed by atoms with Crippen LogP contribution in [0.4, 0.5) is 13.2 Å². The van der Waals surface area contributed by atoms with Crippen LogP contribution in [0.15, 0.2) is 85.2 Å². The Bertz CT molecular complexity index is 1270. The number of aryl methyl sites for hydroxylation is 1. The second kappa shape index (κ2) is 9.36. The van der Waals surface area contributed by atoms with Crippen molar-refractivity contribution >= 4 is 5.78 Å². The number of aromatic nitrogens is 2. The average Bonchev–Trinajstić information content (AvgIpc) is 2.79. The largest absolute Gasteiger partial charge is 0.417 e. The summed E-state index contributed by atoms with van der Waals surface area (Å²) < 4.78 is 41.3. The van der Waals surface area contributed by atoms with Gasteiger partial charge in [-0.15, -0.1) is 0 Å². The molecule has 166 valence electrons. The zero-order valence-electron chi connectivity index (χ0n) is 17.9. The summed E-state index contributed by atoms with van der Waals surface area (Å²) >= 11 is 0. The Hall–Kier alpha value is -3.80. The van der Waals surface area contributed by atoms with Gasteiger partial charge in [0, 0.05) is 42.2 Å². The van der Waals surface area contributed by atoms with E-state index in [0.717, 1.165) is 17.2 Å². The summed E-state index contributed by atoms with van der Waals surface area (Å²) in [5, 5.41) is 0. The number of pyridine rings is 2. The molecule has 0 radical (unpaired) electrons. The van der Waals surface area contributed by atoms with E-state index >= 15 is 0 Å². The minimum atomic E-state index is -4.54. The van der Waals surface area contributed by atoms with Crippen LogP contribution < -0.4 is 0 Å². The highest BCUT2D eigenvalue weighted by molar-refractivity contribution is 5.83. The van der Waals surface area contributed by atoms with Crippen molar-refractivity contribution in [3.63, 3.8) is 0 Å². The zero-order chi connectivity index (χ0) is 23.4. The molecule has 2 aromatic heterocycles. The number of carbonyl (C=O) groups excluding carboxylic acids is 1. The lowest BCUT2D eigenvalue weighted by molar-refractivity contribution is -0.137. The van der Waals surface area contributed by atoms with Crippen LogP contribution >= 0.6 is 0 Å². The first-order valence-electron chi connectivity index (χ1n) is 10.4. The van der Waals surface area contributed by atoms with Gasteiger partial charge in [0.1, 0.15) is 5.78 Å². The van der Waals surface area contributed by atoms with Crippen molar-refractivity contribution in [3.8, 4) is 22.3 Å². The number of ketones is 1. The molecule has 0 bridgehead atoms. The second-order valence-electron chi connectivity index (χ2n) is 7.86. The molecule has 0 N–H and O–H groups in total. The smallest absolute Gasteiger partial charge is 0.299 e. The van der Waals surface area contributed by atoms with E-state index in [4.69, 9.17) is 0 Å². The molecule has 0 atom stereocenters. The van der Waals surface area contributed by atoms with Gasteiger partial charge in [0.2, 0.25) is 0 Å². The van der Waals surface area contributed by atoms with Crippen LogP contribution in [0.25, 0.3) is 22.3 Å². The van der Waals surface area contributed by atoms with Gasteiger partial charge in [-0.25, -0.2) is 0 Å². The predicted molar refractivity (Wildman–Crippen MR) is 122 cm³/mol. The molecule has 0 unspecified atom stereocenters. The molecule has 4 rings (SSSR count). The topological polar surface area (TPSA) is 42.9 Å². The van der Waals surface area contributed by atoms with E-state index in [9.17, 15) is 18.0 Å². The summed E-state index contributed by atoms with van der Waals surface area (Å²) in [4.78, 5) is 21.0. The van der Waals surface area contributed by atoms with Crippen LogP contribution in [0.3, 0.4) is 0 Å². The summed E-state index contributed by atoms with van der Waals surface area (Å²) in [7, 11) is 0. The molecule has 2 aromatic carbocycles. The fraction of sp³-hybridized carbons (Fsp3) is 0.148. The summed E-state index contributed by atoms with van der Waals surface area (Å²) in [5.74, 6) is -0.199. The monoisotopic (exact) mass is 446 g/mol. The molecule has 0 aliphatic carbocycles. The van der Waals surface area contributed by atoms with Crippen molar-refractivity contribution in [1.29, 1.82) is 0 Å². The molecule has 0 aliphatic heterocycles. The summed E-state index contributed by atoms with van der Waals surface area (Å²) in [6, 6.07) is 20.6. The van der Waals surface area contributed by atoms with Gasteiger partial charge in [-0.1, -0.05) is 48.5 Å². The van der Waals surface area contributed by atoms with Gasteiger partial charge >= 0.3 is 6.18 Å².